The molecular weight excluding hydrogens is 368 g/mol. The number of nitrogens with zero attached hydrogens (tertiary/aromatic N) is 4. The maximum atomic E-state index is 12.7. The first-order valence-electron chi connectivity index (χ1n) is 8.37. The molecule has 1 aliphatic rings. The van der Waals surface area contributed by atoms with Crippen molar-refractivity contribution in [2.24, 2.45) is 0 Å². The van der Waals surface area contributed by atoms with E-state index in [9.17, 15) is 9.59 Å². The number of aromatic nitrogens is 2. The van der Waals surface area contributed by atoms with Crippen molar-refractivity contribution in [3.05, 3.63) is 40.4 Å². The molecule has 1 aromatic carbocycles. The molecule has 1 aromatic heterocycles. The number of hydrogen-bond acceptors (Lipinski definition) is 7. The first-order valence-corrected chi connectivity index (χ1v) is 9.15. The van der Waals surface area contributed by atoms with Crippen molar-refractivity contribution in [2.45, 2.75) is 13.3 Å². The quantitative estimate of drug-likeness (QED) is 0.730. The first-order chi connectivity index (χ1) is 13.0. The lowest BCUT2D eigenvalue weighted by Crippen LogP contribution is -2.44. The number of aryl methyl sites for hydroxylation is 1. The molecule has 0 bridgehead atoms. The zero-order valence-electron chi connectivity index (χ0n) is 15.3. The van der Waals surface area contributed by atoms with Gasteiger partial charge in [0.15, 0.2) is 0 Å². The van der Waals surface area contributed by atoms with Crippen LogP contribution >= 0.6 is 11.5 Å². The summed E-state index contributed by atoms with van der Waals surface area (Å²) < 4.78 is 14.3. The van der Waals surface area contributed by atoms with Crippen molar-refractivity contribution in [2.75, 3.05) is 27.3 Å². The van der Waals surface area contributed by atoms with E-state index in [0.29, 0.717) is 40.7 Å². The molecule has 8 nitrogen and oxygen atoms in total. The van der Waals surface area contributed by atoms with Crippen LogP contribution in [0.5, 0.6) is 11.5 Å². The molecule has 2 amide bonds. The van der Waals surface area contributed by atoms with Gasteiger partial charge < -0.3 is 9.47 Å². The van der Waals surface area contributed by atoms with Gasteiger partial charge in [0.1, 0.15) is 16.4 Å². The van der Waals surface area contributed by atoms with Gasteiger partial charge in [-0.2, -0.15) is 0 Å². The van der Waals surface area contributed by atoms with Gasteiger partial charge >= 0.3 is 0 Å². The predicted molar refractivity (Wildman–Crippen MR) is 101 cm³/mol. The summed E-state index contributed by atoms with van der Waals surface area (Å²) in [6, 6.07) is 5.33. The number of hydrogen-bond donors (Lipinski definition) is 0. The summed E-state index contributed by atoms with van der Waals surface area (Å²) in [6.45, 7) is 2.70. The Morgan fingerprint density at radius 1 is 1.19 bits per heavy atom. The Bertz CT molecular complexity index is 880. The fraction of sp³-hybridized carbons (Fsp3) is 0.333. The molecule has 1 saturated heterocycles. The van der Waals surface area contributed by atoms with Crippen LogP contribution in [0.3, 0.4) is 0 Å². The SMILES string of the molecule is COc1ccc(OC)c(/C=C/C(=O)N2CCCN2C(=O)c2snnc2C)c1. The second-order valence-electron chi connectivity index (χ2n) is 5.87. The van der Waals surface area contributed by atoms with Gasteiger partial charge in [0.25, 0.3) is 11.8 Å². The summed E-state index contributed by atoms with van der Waals surface area (Å²) in [5.41, 5.74) is 1.28. The minimum atomic E-state index is -0.277. The zero-order valence-corrected chi connectivity index (χ0v) is 16.2. The third kappa shape index (κ3) is 3.92. The van der Waals surface area contributed by atoms with Crippen LogP contribution in [0, 0.1) is 6.92 Å². The van der Waals surface area contributed by atoms with E-state index >= 15 is 0 Å². The lowest BCUT2D eigenvalue weighted by Gasteiger charge is -2.26. The van der Waals surface area contributed by atoms with Gasteiger partial charge in [0, 0.05) is 24.7 Å². The van der Waals surface area contributed by atoms with Crippen LogP contribution in [0.15, 0.2) is 24.3 Å². The van der Waals surface area contributed by atoms with Gasteiger partial charge in [-0.15, -0.1) is 5.10 Å². The second kappa shape index (κ2) is 8.17. The zero-order chi connectivity index (χ0) is 19.4. The van der Waals surface area contributed by atoms with Crippen LogP contribution in [-0.2, 0) is 4.79 Å². The number of carbonyl (C=O) groups excluding carboxylic acids is 2. The van der Waals surface area contributed by atoms with E-state index in [1.807, 2.05) is 0 Å². The minimum Gasteiger partial charge on any atom is -0.497 e. The topological polar surface area (TPSA) is 84.9 Å². The van der Waals surface area contributed by atoms with Crippen LogP contribution in [0.4, 0.5) is 0 Å². The highest BCUT2D eigenvalue weighted by molar-refractivity contribution is 7.07. The molecule has 27 heavy (non-hydrogen) atoms. The molecule has 0 aliphatic carbocycles. The van der Waals surface area contributed by atoms with Crippen LogP contribution in [0.25, 0.3) is 6.08 Å². The molecule has 2 aromatic rings. The molecule has 0 atom stereocenters. The van der Waals surface area contributed by atoms with E-state index in [4.69, 9.17) is 9.47 Å². The largest absolute Gasteiger partial charge is 0.497 e. The Morgan fingerprint density at radius 2 is 1.96 bits per heavy atom. The smallest absolute Gasteiger partial charge is 0.286 e. The summed E-state index contributed by atoms with van der Waals surface area (Å²) in [5, 5.41) is 6.77. The second-order valence-corrected chi connectivity index (χ2v) is 6.63. The predicted octanol–water partition coefficient (Wildman–Crippen LogP) is 2.17. The van der Waals surface area contributed by atoms with Crippen LogP contribution in [0.2, 0.25) is 0 Å². The van der Waals surface area contributed by atoms with Gasteiger partial charge in [-0.05, 0) is 49.2 Å². The van der Waals surface area contributed by atoms with Gasteiger partial charge in [-0.1, -0.05) is 4.49 Å². The Labute approximate surface area is 161 Å². The fourth-order valence-electron chi connectivity index (χ4n) is 2.81. The van der Waals surface area contributed by atoms with Crippen molar-refractivity contribution >= 4 is 29.4 Å². The van der Waals surface area contributed by atoms with Crippen molar-refractivity contribution in [1.29, 1.82) is 0 Å². The van der Waals surface area contributed by atoms with E-state index in [1.165, 1.54) is 16.1 Å². The van der Waals surface area contributed by atoms with Gasteiger partial charge in [-0.25, -0.2) is 10.0 Å². The average molecular weight is 388 g/mol. The van der Waals surface area contributed by atoms with E-state index in [1.54, 1.807) is 45.4 Å². The van der Waals surface area contributed by atoms with Crippen molar-refractivity contribution in [3.8, 4) is 11.5 Å². The summed E-state index contributed by atoms with van der Waals surface area (Å²) in [6.07, 6.45) is 3.81. The Morgan fingerprint density at radius 3 is 2.63 bits per heavy atom. The first kappa shape index (κ1) is 18.8. The Hall–Kier alpha value is -2.94. The number of methoxy groups -OCH3 is 2. The number of rotatable bonds is 5. The summed E-state index contributed by atoms with van der Waals surface area (Å²) in [4.78, 5) is 25.8. The van der Waals surface area contributed by atoms with Crippen molar-refractivity contribution in [1.82, 2.24) is 19.6 Å². The number of amides is 2. The third-order valence-corrected chi connectivity index (χ3v) is 5.02. The normalized spacial score (nSPS) is 14.0. The monoisotopic (exact) mass is 388 g/mol. The Kier molecular flexibility index (Phi) is 5.70. The highest BCUT2D eigenvalue weighted by Gasteiger charge is 2.32. The molecule has 142 valence electrons. The highest BCUT2D eigenvalue weighted by Crippen LogP contribution is 2.25. The van der Waals surface area contributed by atoms with Crippen LogP contribution in [-0.4, -0.2) is 58.7 Å². The van der Waals surface area contributed by atoms with Crippen molar-refractivity contribution < 1.29 is 19.1 Å². The lowest BCUT2D eigenvalue weighted by atomic mass is 10.1. The van der Waals surface area contributed by atoms with Gasteiger partial charge in [0.05, 0.1) is 19.9 Å². The van der Waals surface area contributed by atoms with Crippen LogP contribution < -0.4 is 9.47 Å². The molecular formula is C18H20N4O4S. The van der Waals surface area contributed by atoms with Crippen LogP contribution in [0.1, 0.15) is 27.3 Å². The standard InChI is InChI=1S/C18H20N4O4S/c1-12-17(27-20-19-12)18(24)22-10-4-9-21(22)16(23)8-5-13-11-14(25-2)6-7-15(13)26-3/h5-8,11H,4,9-10H2,1-3H3/b8-5+. The number of ether oxygens (including phenoxy) is 2. The molecule has 1 fully saturated rings. The molecule has 0 N–H and O–H groups in total. The molecule has 9 heteroatoms. The van der Waals surface area contributed by atoms with Crippen molar-refractivity contribution in [3.63, 3.8) is 0 Å². The molecule has 0 saturated carbocycles. The highest BCUT2D eigenvalue weighted by atomic mass is 32.1. The summed E-state index contributed by atoms with van der Waals surface area (Å²) in [7, 11) is 3.14. The third-order valence-electron chi connectivity index (χ3n) is 4.21. The summed E-state index contributed by atoms with van der Waals surface area (Å²) >= 11 is 1.04. The Balaban J connectivity index is 1.78. The number of carbonyl (C=O) groups is 2. The molecule has 2 heterocycles. The lowest BCUT2D eigenvalue weighted by molar-refractivity contribution is -0.134. The minimum absolute atomic E-state index is 0.249. The summed E-state index contributed by atoms with van der Waals surface area (Å²) in [5.74, 6) is 0.760. The average Bonchev–Trinajstić information content (AvgIpc) is 3.34. The van der Waals surface area contributed by atoms with E-state index in [2.05, 4.69) is 9.59 Å². The van der Waals surface area contributed by atoms with Gasteiger partial charge in [0.2, 0.25) is 0 Å². The fourth-order valence-corrected chi connectivity index (χ4v) is 3.42. The molecule has 0 unspecified atom stereocenters. The molecule has 3 rings (SSSR count). The molecule has 1 aliphatic heterocycles. The number of benzene rings is 1. The molecule has 0 radical (unpaired) electrons. The molecule has 0 spiro atoms. The maximum absolute atomic E-state index is 12.7. The van der Waals surface area contributed by atoms with E-state index in [0.717, 1.165) is 18.0 Å². The number of hydrazine groups is 1. The van der Waals surface area contributed by atoms with E-state index < -0.39 is 0 Å². The van der Waals surface area contributed by atoms with E-state index in [-0.39, 0.29) is 11.8 Å². The maximum Gasteiger partial charge on any atom is 0.286 e. The van der Waals surface area contributed by atoms with Gasteiger partial charge in [-0.3, -0.25) is 9.59 Å².